The summed E-state index contributed by atoms with van der Waals surface area (Å²) < 4.78 is 5.46. The van der Waals surface area contributed by atoms with Crippen molar-refractivity contribution < 1.29 is 14.6 Å². The predicted octanol–water partition coefficient (Wildman–Crippen LogP) is 2.90. The number of carboxylic acid groups (broad SMARTS) is 1. The van der Waals surface area contributed by atoms with Crippen molar-refractivity contribution in [1.82, 2.24) is 0 Å². The van der Waals surface area contributed by atoms with Crippen molar-refractivity contribution in [3.63, 3.8) is 0 Å². The van der Waals surface area contributed by atoms with Crippen molar-refractivity contribution >= 4 is 23.3 Å². The van der Waals surface area contributed by atoms with Gasteiger partial charge in [-0.25, -0.2) is 4.79 Å². The van der Waals surface area contributed by atoms with Gasteiger partial charge in [0.15, 0.2) is 0 Å². The fourth-order valence-electron chi connectivity index (χ4n) is 1.50. The number of benzene rings is 1. The van der Waals surface area contributed by atoms with Gasteiger partial charge >= 0.3 is 5.97 Å². The van der Waals surface area contributed by atoms with E-state index in [0.29, 0.717) is 18.2 Å². The third-order valence-electron chi connectivity index (χ3n) is 2.48. The maximum Gasteiger partial charge on any atom is 0.335 e. The van der Waals surface area contributed by atoms with E-state index in [1.165, 1.54) is 6.07 Å². The lowest BCUT2D eigenvalue weighted by Gasteiger charge is -2.21. The monoisotopic (exact) mass is 271 g/mol. The van der Waals surface area contributed by atoms with Crippen LogP contribution in [0.25, 0.3) is 0 Å². The quantitative estimate of drug-likeness (QED) is 0.864. The molecule has 0 amide bonds. The number of hydrogen-bond acceptors (Lipinski definition) is 3. The Hall–Kier alpha value is -1.26. The maximum absolute atomic E-state index is 10.8. The van der Waals surface area contributed by atoms with Crippen molar-refractivity contribution in [3.05, 3.63) is 28.8 Å². The van der Waals surface area contributed by atoms with Crippen LogP contribution in [0.4, 0.5) is 5.69 Å². The molecule has 0 aliphatic heterocycles. The van der Waals surface area contributed by atoms with Crippen LogP contribution >= 0.6 is 11.6 Å². The summed E-state index contributed by atoms with van der Waals surface area (Å²) in [4.78, 5) is 12.7. The molecule has 0 atom stereocenters. The van der Waals surface area contributed by atoms with E-state index in [-0.39, 0.29) is 11.7 Å². The second-order valence-corrected chi connectivity index (χ2v) is 4.72. The first-order valence-corrected chi connectivity index (χ1v) is 6.15. The predicted molar refractivity (Wildman–Crippen MR) is 72.8 cm³/mol. The first kappa shape index (κ1) is 14.8. The second kappa shape index (κ2) is 6.61. The largest absolute Gasteiger partial charge is 0.478 e. The zero-order chi connectivity index (χ0) is 13.7. The van der Waals surface area contributed by atoms with Gasteiger partial charge in [-0.15, -0.1) is 0 Å². The molecular weight excluding hydrogens is 254 g/mol. The van der Waals surface area contributed by atoms with E-state index < -0.39 is 5.97 Å². The van der Waals surface area contributed by atoms with Gasteiger partial charge in [-0.1, -0.05) is 11.6 Å². The number of hydrogen-bond donors (Lipinski definition) is 1. The molecule has 0 saturated carbocycles. The number of ether oxygens (including phenoxy) is 1. The minimum atomic E-state index is -0.978. The van der Waals surface area contributed by atoms with Crippen LogP contribution in [0.3, 0.4) is 0 Å². The molecule has 0 radical (unpaired) electrons. The summed E-state index contributed by atoms with van der Waals surface area (Å²) in [7, 11) is 1.89. The highest BCUT2D eigenvalue weighted by Crippen LogP contribution is 2.25. The topological polar surface area (TPSA) is 49.8 Å². The Morgan fingerprint density at radius 3 is 2.67 bits per heavy atom. The number of anilines is 1. The van der Waals surface area contributed by atoms with Crippen LogP contribution in [0.1, 0.15) is 24.2 Å². The molecule has 0 unspecified atom stereocenters. The Balaban J connectivity index is 2.68. The average Bonchev–Trinajstić information content (AvgIpc) is 2.27. The summed E-state index contributed by atoms with van der Waals surface area (Å²) in [6, 6.07) is 4.71. The number of nitrogens with zero attached hydrogens (tertiary/aromatic N) is 1. The van der Waals surface area contributed by atoms with Crippen LogP contribution in [-0.4, -0.2) is 37.4 Å². The normalized spacial score (nSPS) is 10.7. The minimum absolute atomic E-state index is 0.190. The molecule has 1 aromatic carbocycles. The van der Waals surface area contributed by atoms with E-state index in [0.717, 1.165) is 5.69 Å². The number of aromatic carboxylic acids is 1. The van der Waals surface area contributed by atoms with Gasteiger partial charge in [-0.3, -0.25) is 0 Å². The summed E-state index contributed by atoms with van der Waals surface area (Å²) in [5.41, 5.74) is 0.990. The van der Waals surface area contributed by atoms with Crippen molar-refractivity contribution in [2.75, 3.05) is 25.1 Å². The summed E-state index contributed by atoms with van der Waals surface area (Å²) in [6.45, 7) is 5.26. The molecule has 1 aromatic rings. The Kier molecular flexibility index (Phi) is 5.44. The highest BCUT2D eigenvalue weighted by molar-refractivity contribution is 6.33. The first-order chi connectivity index (χ1) is 8.41. The number of halogens is 1. The summed E-state index contributed by atoms with van der Waals surface area (Å²) in [5.74, 6) is -0.978. The lowest BCUT2D eigenvalue weighted by Crippen LogP contribution is -2.24. The smallest absolute Gasteiger partial charge is 0.335 e. The zero-order valence-corrected chi connectivity index (χ0v) is 11.6. The Bertz CT molecular complexity index is 421. The Morgan fingerprint density at radius 2 is 2.17 bits per heavy atom. The van der Waals surface area contributed by atoms with Crippen molar-refractivity contribution in [2.45, 2.75) is 20.0 Å². The summed E-state index contributed by atoms with van der Waals surface area (Å²) in [6.07, 6.45) is 0.197. The van der Waals surface area contributed by atoms with E-state index in [1.54, 1.807) is 12.1 Å². The van der Waals surface area contributed by atoms with E-state index in [1.807, 2.05) is 25.8 Å². The molecular formula is C13H18ClNO3. The van der Waals surface area contributed by atoms with Crippen LogP contribution in [0.2, 0.25) is 5.02 Å². The molecule has 0 aromatic heterocycles. The molecule has 18 heavy (non-hydrogen) atoms. The lowest BCUT2D eigenvalue weighted by atomic mass is 10.2. The number of likely N-dealkylation sites (N-methyl/N-ethyl adjacent to an activating group) is 1. The van der Waals surface area contributed by atoms with Crippen molar-refractivity contribution in [1.29, 1.82) is 0 Å². The molecule has 0 fully saturated rings. The number of carbonyl (C=O) groups is 1. The van der Waals surface area contributed by atoms with Crippen LogP contribution in [-0.2, 0) is 4.74 Å². The molecule has 0 aliphatic carbocycles. The van der Waals surface area contributed by atoms with Crippen LogP contribution in [0.5, 0.6) is 0 Å². The summed E-state index contributed by atoms with van der Waals surface area (Å²) in [5, 5.41) is 9.28. The van der Waals surface area contributed by atoms with Gasteiger partial charge in [0.2, 0.25) is 0 Å². The van der Waals surface area contributed by atoms with Gasteiger partial charge in [0.25, 0.3) is 0 Å². The van der Waals surface area contributed by atoms with E-state index in [2.05, 4.69) is 0 Å². The Morgan fingerprint density at radius 1 is 1.50 bits per heavy atom. The fourth-order valence-corrected chi connectivity index (χ4v) is 1.82. The van der Waals surface area contributed by atoms with Gasteiger partial charge in [-0.05, 0) is 32.0 Å². The molecule has 1 N–H and O–H groups in total. The first-order valence-electron chi connectivity index (χ1n) is 5.77. The number of carboxylic acids is 1. The highest BCUT2D eigenvalue weighted by Gasteiger charge is 2.10. The molecule has 0 aliphatic rings. The van der Waals surface area contributed by atoms with Crippen LogP contribution in [0, 0.1) is 0 Å². The second-order valence-electron chi connectivity index (χ2n) is 4.31. The lowest BCUT2D eigenvalue weighted by molar-refractivity contribution is 0.0696. The fraction of sp³-hybridized carbons (Fsp3) is 0.462. The van der Waals surface area contributed by atoms with Gasteiger partial charge in [0.05, 0.1) is 29.0 Å². The highest BCUT2D eigenvalue weighted by atomic mass is 35.5. The van der Waals surface area contributed by atoms with Crippen LogP contribution < -0.4 is 4.90 Å². The number of rotatable bonds is 6. The Labute approximate surface area is 112 Å². The van der Waals surface area contributed by atoms with E-state index in [4.69, 9.17) is 21.4 Å². The van der Waals surface area contributed by atoms with Gasteiger partial charge in [0, 0.05) is 13.6 Å². The molecule has 0 heterocycles. The summed E-state index contributed by atoms with van der Waals surface area (Å²) >= 11 is 6.06. The third kappa shape index (κ3) is 4.20. The average molecular weight is 272 g/mol. The SMILES string of the molecule is CC(C)OCCN(C)c1ccc(C(=O)O)cc1Cl. The standard InChI is InChI=1S/C13H18ClNO3/c1-9(2)18-7-6-15(3)12-5-4-10(13(16)17)8-11(12)14/h4-5,8-9H,6-7H2,1-3H3,(H,16,17). The molecule has 1 rings (SSSR count). The molecule has 100 valence electrons. The maximum atomic E-state index is 10.8. The van der Waals surface area contributed by atoms with E-state index >= 15 is 0 Å². The molecule has 0 bridgehead atoms. The zero-order valence-electron chi connectivity index (χ0n) is 10.8. The van der Waals surface area contributed by atoms with E-state index in [9.17, 15) is 4.79 Å². The minimum Gasteiger partial charge on any atom is -0.478 e. The molecule has 0 saturated heterocycles. The van der Waals surface area contributed by atoms with Crippen molar-refractivity contribution in [2.24, 2.45) is 0 Å². The third-order valence-corrected chi connectivity index (χ3v) is 2.79. The van der Waals surface area contributed by atoms with Crippen molar-refractivity contribution in [3.8, 4) is 0 Å². The molecule has 4 nitrogen and oxygen atoms in total. The van der Waals surface area contributed by atoms with Crippen LogP contribution in [0.15, 0.2) is 18.2 Å². The molecule has 0 spiro atoms. The van der Waals surface area contributed by atoms with Gasteiger partial charge in [0.1, 0.15) is 0 Å². The molecule has 5 heteroatoms. The van der Waals surface area contributed by atoms with Gasteiger partial charge < -0.3 is 14.7 Å². The van der Waals surface area contributed by atoms with Gasteiger partial charge in [-0.2, -0.15) is 0 Å².